The number of benzene rings is 1. The van der Waals surface area contributed by atoms with E-state index in [9.17, 15) is 9.59 Å². The maximum absolute atomic E-state index is 11.6. The van der Waals surface area contributed by atoms with Crippen LogP contribution in [0.1, 0.15) is 18.4 Å². The highest BCUT2D eigenvalue weighted by Crippen LogP contribution is 2.32. The summed E-state index contributed by atoms with van der Waals surface area (Å²) in [5.41, 5.74) is 1.54. The van der Waals surface area contributed by atoms with Gasteiger partial charge in [0.2, 0.25) is 12.7 Å². The van der Waals surface area contributed by atoms with Crippen molar-refractivity contribution in [2.45, 2.75) is 19.4 Å². The van der Waals surface area contributed by atoms with E-state index in [1.54, 1.807) is 12.1 Å². The molecule has 0 radical (unpaired) electrons. The third kappa shape index (κ3) is 4.60. The standard InChI is InChI=1S/C17H17N3O5/c21-16(5-6-17(22)23)20-12-2-4-15(19-9-12)18-8-11-1-3-13-14(7-11)25-10-24-13/h1-4,7,9H,5-6,8,10H2,(H,18,19)(H,20,21)(H,22,23). The van der Waals surface area contributed by atoms with Crippen molar-refractivity contribution in [3.8, 4) is 11.5 Å². The van der Waals surface area contributed by atoms with Crippen molar-refractivity contribution in [3.63, 3.8) is 0 Å². The Morgan fingerprint density at radius 1 is 1.12 bits per heavy atom. The molecule has 25 heavy (non-hydrogen) atoms. The number of aliphatic carboxylic acids is 1. The molecule has 1 aliphatic rings. The molecule has 1 aromatic heterocycles. The first-order valence-electron chi connectivity index (χ1n) is 7.70. The highest BCUT2D eigenvalue weighted by molar-refractivity contribution is 5.92. The number of carbonyl (C=O) groups excluding carboxylic acids is 1. The highest BCUT2D eigenvalue weighted by Gasteiger charge is 2.13. The first-order chi connectivity index (χ1) is 12.1. The number of anilines is 2. The van der Waals surface area contributed by atoms with Crippen LogP contribution in [0.3, 0.4) is 0 Å². The fraction of sp³-hybridized carbons (Fsp3) is 0.235. The Morgan fingerprint density at radius 2 is 1.96 bits per heavy atom. The number of aromatic nitrogens is 1. The van der Waals surface area contributed by atoms with Gasteiger partial charge in [0.25, 0.3) is 0 Å². The van der Waals surface area contributed by atoms with E-state index in [0.717, 1.165) is 17.1 Å². The quantitative estimate of drug-likeness (QED) is 0.707. The van der Waals surface area contributed by atoms with Crippen molar-refractivity contribution in [1.29, 1.82) is 0 Å². The van der Waals surface area contributed by atoms with Gasteiger partial charge in [-0.2, -0.15) is 0 Å². The van der Waals surface area contributed by atoms with Crippen LogP contribution in [0, 0.1) is 0 Å². The second-order valence-electron chi connectivity index (χ2n) is 5.42. The summed E-state index contributed by atoms with van der Waals surface area (Å²) >= 11 is 0. The van der Waals surface area contributed by atoms with Gasteiger partial charge in [-0.05, 0) is 29.8 Å². The van der Waals surface area contributed by atoms with Crippen molar-refractivity contribution >= 4 is 23.4 Å². The Labute approximate surface area is 143 Å². The second-order valence-corrected chi connectivity index (χ2v) is 5.42. The number of carboxylic acids is 1. The topological polar surface area (TPSA) is 110 Å². The lowest BCUT2D eigenvalue weighted by Crippen LogP contribution is -2.13. The molecule has 0 saturated carbocycles. The van der Waals surface area contributed by atoms with E-state index < -0.39 is 5.97 Å². The van der Waals surface area contributed by atoms with Gasteiger partial charge in [-0.1, -0.05) is 6.07 Å². The van der Waals surface area contributed by atoms with Crippen LogP contribution < -0.4 is 20.1 Å². The predicted molar refractivity (Wildman–Crippen MR) is 89.6 cm³/mol. The summed E-state index contributed by atoms with van der Waals surface area (Å²) in [4.78, 5) is 26.2. The average Bonchev–Trinajstić information content (AvgIpc) is 3.07. The minimum Gasteiger partial charge on any atom is -0.481 e. The van der Waals surface area contributed by atoms with E-state index in [1.807, 2.05) is 18.2 Å². The molecule has 3 rings (SSSR count). The molecule has 0 spiro atoms. The number of nitrogens with zero attached hydrogens (tertiary/aromatic N) is 1. The Balaban J connectivity index is 1.50. The normalized spacial score (nSPS) is 11.8. The molecule has 0 saturated heterocycles. The zero-order valence-corrected chi connectivity index (χ0v) is 13.3. The molecule has 0 atom stereocenters. The zero-order valence-electron chi connectivity index (χ0n) is 13.3. The summed E-state index contributed by atoms with van der Waals surface area (Å²) in [6.07, 6.45) is 1.24. The number of nitrogens with one attached hydrogen (secondary N) is 2. The minimum absolute atomic E-state index is 0.0700. The Hall–Kier alpha value is -3.29. The van der Waals surface area contributed by atoms with Gasteiger partial charge >= 0.3 is 5.97 Å². The first-order valence-corrected chi connectivity index (χ1v) is 7.70. The number of amides is 1. The molecule has 130 valence electrons. The summed E-state index contributed by atoms with van der Waals surface area (Å²) in [5, 5.41) is 14.3. The summed E-state index contributed by atoms with van der Waals surface area (Å²) < 4.78 is 10.6. The molecule has 1 aliphatic heterocycles. The molecule has 0 aliphatic carbocycles. The Morgan fingerprint density at radius 3 is 2.72 bits per heavy atom. The van der Waals surface area contributed by atoms with Gasteiger partial charge < -0.3 is 25.2 Å². The van der Waals surface area contributed by atoms with E-state index in [2.05, 4.69) is 15.6 Å². The first kappa shape index (κ1) is 16.6. The van der Waals surface area contributed by atoms with E-state index in [1.165, 1.54) is 6.20 Å². The Kier molecular flexibility index (Phi) is 4.98. The monoisotopic (exact) mass is 343 g/mol. The van der Waals surface area contributed by atoms with Gasteiger partial charge in [0.1, 0.15) is 5.82 Å². The maximum atomic E-state index is 11.6. The van der Waals surface area contributed by atoms with Crippen molar-refractivity contribution < 1.29 is 24.2 Å². The Bertz CT molecular complexity index is 776. The number of hydrogen-bond acceptors (Lipinski definition) is 6. The van der Waals surface area contributed by atoms with Crippen LogP contribution >= 0.6 is 0 Å². The lowest BCUT2D eigenvalue weighted by Gasteiger charge is -2.08. The molecule has 0 bridgehead atoms. The molecule has 0 unspecified atom stereocenters. The molecule has 1 aromatic carbocycles. The number of pyridine rings is 1. The second kappa shape index (κ2) is 7.52. The molecule has 2 aromatic rings. The highest BCUT2D eigenvalue weighted by atomic mass is 16.7. The van der Waals surface area contributed by atoms with E-state index >= 15 is 0 Å². The number of carbonyl (C=O) groups is 2. The van der Waals surface area contributed by atoms with Crippen LogP contribution in [0.2, 0.25) is 0 Å². The van der Waals surface area contributed by atoms with Crippen LogP contribution in [-0.4, -0.2) is 28.8 Å². The molecule has 3 N–H and O–H groups in total. The molecular weight excluding hydrogens is 326 g/mol. The van der Waals surface area contributed by atoms with Gasteiger partial charge in [-0.25, -0.2) is 4.98 Å². The summed E-state index contributed by atoms with van der Waals surface area (Å²) in [5.74, 6) is 0.763. The largest absolute Gasteiger partial charge is 0.481 e. The number of rotatable bonds is 7. The fourth-order valence-electron chi connectivity index (χ4n) is 2.26. The van der Waals surface area contributed by atoms with Crippen LogP contribution in [0.4, 0.5) is 11.5 Å². The third-order valence-corrected chi connectivity index (χ3v) is 3.52. The molecule has 8 nitrogen and oxygen atoms in total. The van der Waals surface area contributed by atoms with Crippen molar-refractivity contribution in [3.05, 3.63) is 42.1 Å². The molecule has 1 amide bonds. The zero-order chi connectivity index (χ0) is 17.6. The summed E-state index contributed by atoms with van der Waals surface area (Å²) in [6.45, 7) is 0.807. The predicted octanol–water partition coefficient (Wildman–Crippen LogP) is 2.23. The molecule has 0 fully saturated rings. The lowest BCUT2D eigenvalue weighted by molar-refractivity contribution is -0.138. The molecule has 8 heteroatoms. The average molecular weight is 343 g/mol. The fourth-order valence-corrected chi connectivity index (χ4v) is 2.26. The molecule has 2 heterocycles. The number of hydrogen-bond donors (Lipinski definition) is 3. The van der Waals surface area contributed by atoms with E-state index in [0.29, 0.717) is 18.1 Å². The van der Waals surface area contributed by atoms with Crippen molar-refractivity contribution in [2.24, 2.45) is 0 Å². The van der Waals surface area contributed by atoms with Crippen LogP contribution in [0.5, 0.6) is 11.5 Å². The van der Waals surface area contributed by atoms with Gasteiger partial charge in [0, 0.05) is 13.0 Å². The maximum Gasteiger partial charge on any atom is 0.303 e. The van der Waals surface area contributed by atoms with Crippen LogP contribution in [-0.2, 0) is 16.1 Å². The van der Waals surface area contributed by atoms with Gasteiger partial charge in [0.15, 0.2) is 11.5 Å². The number of fused-ring (bicyclic) bond motifs is 1. The summed E-state index contributed by atoms with van der Waals surface area (Å²) in [7, 11) is 0. The SMILES string of the molecule is O=C(O)CCC(=O)Nc1ccc(NCc2ccc3c(c2)OCO3)nc1. The smallest absolute Gasteiger partial charge is 0.303 e. The van der Waals surface area contributed by atoms with Gasteiger partial charge in [0.05, 0.1) is 18.3 Å². The van der Waals surface area contributed by atoms with E-state index in [-0.39, 0.29) is 25.5 Å². The van der Waals surface area contributed by atoms with Crippen molar-refractivity contribution in [1.82, 2.24) is 4.98 Å². The van der Waals surface area contributed by atoms with Crippen molar-refractivity contribution in [2.75, 3.05) is 17.4 Å². The van der Waals surface area contributed by atoms with Crippen LogP contribution in [0.25, 0.3) is 0 Å². The number of carboxylic acid groups (broad SMARTS) is 1. The van der Waals surface area contributed by atoms with Gasteiger partial charge in [-0.15, -0.1) is 0 Å². The van der Waals surface area contributed by atoms with Crippen LogP contribution in [0.15, 0.2) is 36.5 Å². The number of ether oxygens (including phenoxy) is 2. The van der Waals surface area contributed by atoms with Gasteiger partial charge in [-0.3, -0.25) is 9.59 Å². The third-order valence-electron chi connectivity index (χ3n) is 3.52. The minimum atomic E-state index is -1.00. The molecular formula is C17H17N3O5. The summed E-state index contributed by atoms with van der Waals surface area (Å²) in [6, 6.07) is 9.15. The van der Waals surface area contributed by atoms with E-state index in [4.69, 9.17) is 14.6 Å². The lowest BCUT2D eigenvalue weighted by atomic mass is 10.2.